The molecule has 0 aliphatic carbocycles. The fraction of sp³-hybridized carbons (Fsp3) is 0.233. The lowest BCUT2D eigenvalue weighted by Gasteiger charge is -2.34. The Kier molecular flexibility index (Phi) is 11.9. The Balaban J connectivity index is 0.000000257. The van der Waals surface area contributed by atoms with Gasteiger partial charge < -0.3 is 4.57 Å². The van der Waals surface area contributed by atoms with Crippen molar-refractivity contribution in [3.63, 3.8) is 0 Å². The number of imidazole rings is 1. The fourth-order valence-electron chi connectivity index (χ4n) is 6.62. The van der Waals surface area contributed by atoms with Crippen molar-refractivity contribution in [1.82, 2.24) is 9.55 Å². The summed E-state index contributed by atoms with van der Waals surface area (Å²) < 4.78 is 2.27. The minimum atomic E-state index is -2.33. The average molecular weight is 633 g/mol. The third-order valence-corrected chi connectivity index (χ3v) is 13.8. The van der Waals surface area contributed by atoms with Gasteiger partial charge in [-0.25, -0.2) is 4.98 Å². The zero-order chi connectivity index (χ0) is 33.1. The van der Waals surface area contributed by atoms with E-state index in [0.717, 1.165) is 19.0 Å². The van der Waals surface area contributed by atoms with Gasteiger partial charge in [0, 0.05) is 18.6 Å². The van der Waals surface area contributed by atoms with Crippen LogP contribution in [0.1, 0.15) is 38.8 Å². The van der Waals surface area contributed by atoms with Crippen molar-refractivity contribution < 1.29 is 0 Å². The maximum absolute atomic E-state index is 4.37. The van der Waals surface area contributed by atoms with Crippen LogP contribution in [0, 0.1) is 11.8 Å². The van der Waals surface area contributed by atoms with Gasteiger partial charge in [0.25, 0.3) is 0 Å². The highest BCUT2D eigenvalue weighted by atomic mass is 28.3. The van der Waals surface area contributed by atoms with Crippen molar-refractivity contribution in [2.24, 2.45) is 11.8 Å². The Morgan fingerprint density at radius 2 is 0.957 bits per heavy atom. The van der Waals surface area contributed by atoms with Gasteiger partial charge in [-0.1, -0.05) is 185 Å². The average Bonchev–Trinajstić information content (AvgIpc) is 3.62. The normalized spacial score (nSPS) is 11.3. The second-order valence-electron chi connectivity index (χ2n) is 13.6. The van der Waals surface area contributed by atoms with Gasteiger partial charge in [-0.15, -0.1) is 0 Å². The fourth-order valence-corrected chi connectivity index (χ4v) is 11.1. The van der Waals surface area contributed by atoms with Crippen molar-refractivity contribution in [1.29, 1.82) is 0 Å². The first-order valence-electron chi connectivity index (χ1n) is 17.1. The molecule has 0 bridgehead atoms. The van der Waals surface area contributed by atoms with Gasteiger partial charge in [-0.2, -0.15) is 0 Å². The van der Waals surface area contributed by atoms with E-state index in [-0.39, 0.29) is 0 Å². The zero-order valence-corrected chi connectivity index (χ0v) is 29.8. The second-order valence-corrected chi connectivity index (χ2v) is 17.5. The van der Waals surface area contributed by atoms with Crippen LogP contribution in [0.2, 0.25) is 6.82 Å². The van der Waals surface area contributed by atoms with Crippen LogP contribution in [0.25, 0.3) is 0 Å². The van der Waals surface area contributed by atoms with Crippen LogP contribution in [0.15, 0.2) is 158 Å². The van der Waals surface area contributed by atoms with Crippen molar-refractivity contribution in [2.45, 2.75) is 53.5 Å². The van der Waals surface area contributed by atoms with E-state index in [2.05, 4.69) is 190 Å². The number of rotatable bonds is 11. The minimum absolute atomic E-state index is 0.484. The van der Waals surface area contributed by atoms with E-state index in [1.807, 2.05) is 12.5 Å². The molecule has 2 nitrogen and oxygen atoms in total. The third kappa shape index (κ3) is 8.90. The molecule has 0 saturated carbocycles. The molecular weight excluding hydrogens is 583 g/mol. The molecule has 0 fully saturated rings. The summed E-state index contributed by atoms with van der Waals surface area (Å²) in [4.78, 5) is 4.37. The van der Waals surface area contributed by atoms with Crippen molar-refractivity contribution in [3.05, 3.63) is 169 Å². The molecule has 4 heteroatoms. The van der Waals surface area contributed by atoms with Gasteiger partial charge in [-0.3, -0.25) is 0 Å². The highest BCUT2D eigenvalue weighted by Gasteiger charge is 2.40. The van der Waals surface area contributed by atoms with Gasteiger partial charge in [0.15, 0.2) is 8.07 Å². The van der Waals surface area contributed by atoms with E-state index in [1.165, 1.54) is 37.6 Å². The molecule has 5 aromatic carbocycles. The van der Waals surface area contributed by atoms with Crippen LogP contribution in [0.3, 0.4) is 0 Å². The van der Waals surface area contributed by atoms with Crippen LogP contribution in [0.5, 0.6) is 0 Å². The quantitative estimate of drug-likeness (QED) is 0.112. The van der Waals surface area contributed by atoms with Crippen LogP contribution in [0.4, 0.5) is 0 Å². The Morgan fingerprint density at radius 1 is 0.553 bits per heavy atom. The Hall–Kier alpha value is -4.41. The van der Waals surface area contributed by atoms with E-state index in [4.69, 9.17) is 0 Å². The first kappa shape index (κ1) is 33.9. The Labute approximate surface area is 284 Å². The van der Waals surface area contributed by atoms with Gasteiger partial charge in [0.1, 0.15) is 0 Å². The molecule has 0 N–H and O–H groups in total. The molecule has 0 aliphatic rings. The lowest BCUT2D eigenvalue weighted by Crippen LogP contribution is -2.69. The molecule has 47 heavy (non-hydrogen) atoms. The minimum Gasteiger partial charge on any atom is -0.339 e. The van der Waals surface area contributed by atoms with E-state index >= 15 is 0 Å². The van der Waals surface area contributed by atoms with Gasteiger partial charge in [0.05, 0.1) is 6.33 Å². The van der Waals surface area contributed by atoms with Crippen molar-refractivity contribution >= 4 is 41.3 Å². The molecule has 1 aromatic heterocycles. The number of aromatic nitrogens is 2. The molecule has 1 heterocycles. The highest BCUT2D eigenvalue weighted by molar-refractivity contribution is 7.10. The summed E-state index contributed by atoms with van der Waals surface area (Å²) in [6.07, 6.45) is 9.12. The molecule has 238 valence electrons. The van der Waals surface area contributed by atoms with E-state index < -0.39 is 8.07 Å². The molecule has 0 saturated heterocycles. The lowest BCUT2D eigenvalue weighted by molar-refractivity contribution is 0.647. The molecule has 0 unspecified atom stereocenters. The summed E-state index contributed by atoms with van der Waals surface area (Å²) in [7, 11) is -2.33. The Morgan fingerprint density at radius 3 is 1.34 bits per heavy atom. The SMILES string of the molecule is CB(c1ccccc1)c1ccccc1.CC(C)Cc1ccc([Si](Cn2ccnc2)(c2ccccc2)c2ccc(CC(C)C)cc2)cc1. The predicted octanol–water partition coefficient (Wildman–Crippen LogP) is 6.92. The van der Waals surface area contributed by atoms with Crippen LogP contribution >= 0.6 is 0 Å². The van der Waals surface area contributed by atoms with Crippen LogP contribution in [-0.2, 0) is 19.0 Å². The smallest absolute Gasteiger partial charge is 0.206 e. The standard InChI is InChI=1S/C30H36N2Si.C13H13B/c1-24(2)20-26-10-14-29(15-11-26)33(23-32-19-18-31-22-32,28-8-6-5-7-9-28)30-16-12-27(13-17-30)21-25(3)4;1-14(12-8-4-2-5-9-12)13-10-6-3-7-11-13/h5-19,22,24-25H,20-21,23H2,1-4H3;2-11H,1H3. The number of nitrogens with zero attached hydrogens (tertiary/aromatic N) is 2. The van der Waals surface area contributed by atoms with Gasteiger partial charge in [-0.05, 0) is 51.4 Å². The van der Waals surface area contributed by atoms with E-state index in [1.54, 1.807) is 0 Å². The van der Waals surface area contributed by atoms with Crippen molar-refractivity contribution in [2.75, 3.05) is 0 Å². The monoisotopic (exact) mass is 632 g/mol. The van der Waals surface area contributed by atoms with Gasteiger partial charge in [0.2, 0.25) is 6.71 Å². The van der Waals surface area contributed by atoms with Crippen LogP contribution < -0.4 is 26.5 Å². The number of hydrogen-bond donors (Lipinski definition) is 0. The predicted molar refractivity (Wildman–Crippen MR) is 207 cm³/mol. The number of benzene rings is 5. The van der Waals surface area contributed by atoms with Crippen LogP contribution in [-0.4, -0.2) is 24.3 Å². The summed E-state index contributed by atoms with van der Waals surface area (Å²) >= 11 is 0. The lowest BCUT2D eigenvalue weighted by atomic mass is 9.43. The Bertz CT molecular complexity index is 1640. The topological polar surface area (TPSA) is 17.8 Å². The molecular formula is C43H49BN2Si. The first-order chi connectivity index (χ1) is 22.8. The largest absolute Gasteiger partial charge is 0.339 e. The molecule has 0 radical (unpaired) electrons. The molecule has 6 aromatic rings. The van der Waals surface area contributed by atoms with E-state index in [9.17, 15) is 0 Å². The van der Waals surface area contributed by atoms with Gasteiger partial charge >= 0.3 is 0 Å². The molecule has 0 aliphatic heterocycles. The zero-order valence-electron chi connectivity index (χ0n) is 28.8. The maximum Gasteiger partial charge on any atom is 0.206 e. The van der Waals surface area contributed by atoms with Crippen molar-refractivity contribution in [3.8, 4) is 0 Å². The summed E-state index contributed by atoms with van der Waals surface area (Å²) in [5.41, 5.74) is 5.58. The highest BCUT2D eigenvalue weighted by Crippen LogP contribution is 2.15. The summed E-state index contributed by atoms with van der Waals surface area (Å²) in [5, 5.41) is 4.34. The molecule has 0 amide bonds. The summed E-state index contributed by atoms with van der Waals surface area (Å²) in [6.45, 7) is 11.9. The maximum atomic E-state index is 4.37. The first-order valence-corrected chi connectivity index (χ1v) is 19.4. The summed E-state index contributed by atoms with van der Waals surface area (Å²) in [6, 6.07) is 51.3. The summed E-state index contributed by atoms with van der Waals surface area (Å²) in [5.74, 6) is 1.32. The van der Waals surface area contributed by atoms with E-state index in [0.29, 0.717) is 18.5 Å². The molecule has 6 rings (SSSR count). The molecule has 0 atom stereocenters. The third-order valence-electron chi connectivity index (χ3n) is 9.03. The molecule has 0 spiro atoms. The second kappa shape index (κ2) is 16.4. The number of hydrogen-bond acceptors (Lipinski definition) is 1.